The first-order chi connectivity index (χ1) is 6.01. The lowest BCUT2D eigenvalue weighted by molar-refractivity contribution is -0.154. The van der Waals surface area contributed by atoms with Crippen LogP contribution in [-0.4, -0.2) is 17.9 Å². The zero-order valence-corrected chi connectivity index (χ0v) is 8.00. The molecular formula is C10H14O3. The highest BCUT2D eigenvalue weighted by molar-refractivity contribution is 5.85. The Hall–Kier alpha value is -0.860. The van der Waals surface area contributed by atoms with Crippen molar-refractivity contribution < 1.29 is 14.3 Å². The van der Waals surface area contributed by atoms with Crippen LogP contribution in [0.3, 0.4) is 0 Å². The van der Waals surface area contributed by atoms with Gasteiger partial charge in [0.05, 0.1) is 0 Å². The predicted molar refractivity (Wildman–Crippen MR) is 46.0 cm³/mol. The van der Waals surface area contributed by atoms with E-state index in [2.05, 4.69) is 0 Å². The average molecular weight is 182 g/mol. The molecule has 2 saturated carbocycles. The summed E-state index contributed by atoms with van der Waals surface area (Å²) >= 11 is 0. The number of hydrogen-bond acceptors (Lipinski definition) is 3. The van der Waals surface area contributed by atoms with Crippen molar-refractivity contribution in [2.45, 2.75) is 39.2 Å². The Morgan fingerprint density at radius 3 is 2.69 bits per heavy atom. The first kappa shape index (κ1) is 8.73. The van der Waals surface area contributed by atoms with Crippen molar-refractivity contribution in [1.29, 1.82) is 0 Å². The highest BCUT2D eigenvalue weighted by Gasteiger charge is 2.55. The second-order valence-corrected chi connectivity index (χ2v) is 4.53. The zero-order valence-electron chi connectivity index (χ0n) is 8.00. The monoisotopic (exact) mass is 182 g/mol. The summed E-state index contributed by atoms with van der Waals surface area (Å²) in [6.45, 7) is 3.47. The predicted octanol–water partition coefficient (Wildman–Crippen LogP) is 1.31. The van der Waals surface area contributed by atoms with E-state index in [4.69, 9.17) is 4.74 Å². The standard InChI is InChI=1S/C10H14O3/c1-6(11)13-9-3-7-4-10(9,2)5-8(7)12/h7,9H,3-5H2,1-2H3/t7-,9-,10+/m0/s1. The molecule has 2 bridgehead atoms. The van der Waals surface area contributed by atoms with Gasteiger partial charge in [0.15, 0.2) is 0 Å². The van der Waals surface area contributed by atoms with E-state index < -0.39 is 0 Å². The quantitative estimate of drug-likeness (QED) is 0.574. The molecule has 3 nitrogen and oxygen atoms in total. The molecule has 13 heavy (non-hydrogen) atoms. The highest BCUT2D eigenvalue weighted by Crippen LogP contribution is 2.53. The Balaban J connectivity index is 2.11. The molecular weight excluding hydrogens is 168 g/mol. The minimum absolute atomic E-state index is 0.0206. The number of Topliss-reactive ketones (excluding diaryl/α,β-unsaturated/α-hetero) is 1. The molecule has 0 unspecified atom stereocenters. The molecule has 0 aromatic heterocycles. The molecule has 0 aromatic rings. The Morgan fingerprint density at radius 1 is 1.62 bits per heavy atom. The Bertz CT molecular complexity index is 271. The number of fused-ring (bicyclic) bond motifs is 2. The Kier molecular flexibility index (Phi) is 1.72. The van der Waals surface area contributed by atoms with Crippen molar-refractivity contribution in [2.75, 3.05) is 0 Å². The number of esters is 1. The summed E-state index contributed by atoms with van der Waals surface area (Å²) in [5.41, 5.74) is -0.0621. The molecule has 0 radical (unpaired) electrons. The maximum atomic E-state index is 11.3. The smallest absolute Gasteiger partial charge is 0.302 e. The van der Waals surface area contributed by atoms with Crippen LogP contribution < -0.4 is 0 Å². The van der Waals surface area contributed by atoms with Gasteiger partial charge in [-0.1, -0.05) is 6.92 Å². The van der Waals surface area contributed by atoms with Gasteiger partial charge in [0.1, 0.15) is 11.9 Å². The summed E-state index contributed by atoms with van der Waals surface area (Å²) < 4.78 is 5.21. The molecule has 0 spiro atoms. The second kappa shape index (κ2) is 2.56. The molecule has 0 N–H and O–H groups in total. The number of hydrogen-bond donors (Lipinski definition) is 0. The number of ketones is 1. The van der Waals surface area contributed by atoms with E-state index in [-0.39, 0.29) is 23.4 Å². The highest BCUT2D eigenvalue weighted by atomic mass is 16.5. The van der Waals surface area contributed by atoms with Gasteiger partial charge in [-0.2, -0.15) is 0 Å². The summed E-state index contributed by atoms with van der Waals surface area (Å²) in [7, 11) is 0. The Morgan fingerprint density at radius 2 is 2.31 bits per heavy atom. The van der Waals surface area contributed by atoms with Gasteiger partial charge in [0.25, 0.3) is 0 Å². The number of rotatable bonds is 1. The lowest BCUT2D eigenvalue weighted by Crippen LogP contribution is -2.33. The van der Waals surface area contributed by atoms with Gasteiger partial charge in [-0.15, -0.1) is 0 Å². The zero-order chi connectivity index (χ0) is 9.64. The van der Waals surface area contributed by atoms with E-state index in [1.54, 1.807) is 0 Å². The van der Waals surface area contributed by atoms with Crippen LogP contribution in [0.5, 0.6) is 0 Å². The summed E-state index contributed by atoms with van der Waals surface area (Å²) in [5, 5.41) is 0. The van der Waals surface area contributed by atoms with Crippen LogP contribution in [0.2, 0.25) is 0 Å². The molecule has 0 heterocycles. The number of carbonyl (C=O) groups excluding carboxylic acids is 2. The third-order valence-electron chi connectivity index (χ3n) is 3.33. The number of carbonyl (C=O) groups is 2. The largest absolute Gasteiger partial charge is 0.462 e. The minimum atomic E-state index is -0.230. The van der Waals surface area contributed by atoms with Gasteiger partial charge < -0.3 is 4.74 Å². The van der Waals surface area contributed by atoms with E-state index in [1.165, 1.54) is 6.92 Å². The average Bonchev–Trinajstić information content (AvgIpc) is 2.39. The second-order valence-electron chi connectivity index (χ2n) is 4.53. The van der Waals surface area contributed by atoms with Gasteiger partial charge in [-0.25, -0.2) is 0 Å². The first-order valence-corrected chi connectivity index (χ1v) is 4.71. The maximum Gasteiger partial charge on any atom is 0.302 e. The van der Waals surface area contributed by atoms with Crippen LogP contribution >= 0.6 is 0 Å². The summed E-state index contributed by atoms with van der Waals surface area (Å²) in [6.07, 6.45) is 2.22. The SMILES string of the molecule is CC(=O)O[C@H]1C[C@H]2C[C@]1(C)CC2=O. The number of ether oxygens (including phenoxy) is 1. The van der Waals surface area contributed by atoms with Crippen LogP contribution in [0, 0.1) is 11.3 Å². The molecule has 0 amide bonds. The van der Waals surface area contributed by atoms with Gasteiger partial charge in [-0.3, -0.25) is 9.59 Å². The molecule has 3 heteroatoms. The fourth-order valence-electron chi connectivity index (χ4n) is 2.68. The van der Waals surface area contributed by atoms with Gasteiger partial charge >= 0.3 is 5.97 Å². The van der Waals surface area contributed by atoms with Crippen LogP contribution in [0.4, 0.5) is 0 Å². The van der Waals surface area contributed by atoms with Crippen molar-refractivity contribution in [1.82, 2.24) is 0 Å². The van der Waals surface area contributed by atoms with E-state index in [0.717, 1.165) is 12.8 Å². The molecule has 2 aliphatic rings. The normalized spacial score (nSPS) is 42.5. The first-order valence-electron chi connectivity index (χ1n) is 4.71. The van der Waals surface area contributed by atoms with Gasteiger partial charge in [0.2, 0.25) is 0 Å². The maximum absolute atomic E-state index is 11.3. The van der Waals surface area contributed by atoms with E-state index in [1.807, 2.05) is 6.92 Å². The van der Waals surface area contributed by atoms with Crippen molar-refractivity contribution >= 4 is 11.8 Å². The molecule has 0 aliphatic heterocycles. The molecule has 3 atom stereocenters. The Labute approximate surface area is 77.4 Å². The topological polar surface area (TPSA) is 43.4 Å². The summed E-state index contributed by atoms with van der Waals surface area (Å²) in [5.74, 6) is 0.284. The van der Waals surface area contributed by atoms with E-state index in [9.17, 15) is 9.59 Å². The van der Waals surface area contributed by atoms with Crippen LogP contribution in [-0.2, 0) is 14.3 Å². The third kappa shape index (κ3) is 1.26. The molecule has 2 aliphatic carbocycles. The van der Waals surface area contributed by atoms with Crippen LogP contribution in [0.25, 0.3) is 0 Å². The summed E-state index contributed by atoms with van der Waals surface area (Å²) in [6, 6.07) is 0. The van der Waals surface area contributed by atoms with Crippen molar-refractivity contribution in [3.8, 4) is 0 Å². The third-order valence-corrected chi connectivity index (χ3v) is 3.33. The van der Waals surface area contributed by atoms with Gasteiger partial charge in [0, 0.05) is 24.7 Å². The molecule has 0 saturated heterocycles. The fraction of sp³-hybridized carbons (Fsp3) is 0.800. The van der Waals surface area contributed by atoms with Crippen molar-refractivity contribution in [2.24, 2.45) is 11.3 Å². The summed E-state index contributed by atoms with van der Waals surface area (Å²) in [4.78, 5) is 22.1. The molecule has 2 rings (SSSR count). The molecule has 2 fully saturated rings. The lowest BCUT2D eigenvalue weighted by Gasteiger charge is -2.29. The molecule has 0 aromatic carbocycles. The minimum Gasteiger partial charge on any atom is -0.462 e. The van der Waals surface area contributed by atoms with E-state index in [0.29, 0.717) is 12.2 Å². The van der Waals surface area contributed by atoms with Crippen LogP contribution in [0.15, 0.2) is 0 Å². The van der Waals surface area contributed by atoms with Crippen LogP contribution in [0.1, 0.15) is 33.1 Å². The molecule has 72 valence electrons. The lowest BCUT2D eigenvalue weighted by atomic mass is 9.83. The van der Waals surface area contributed by atoms with Crippen molar-refractivity contribution in [3.05, 3.63) is 0 Å². The van der Waals surface area contributed by atoms with Crippen molar-refractivity contribution in [3.63, 3.8) is 0 Å². The fourth-order valence-corrected chi connectivity index (χ4v) is 2.68. The van der Waals surface area contributed by atoms with Gasteiger partial charge in [-0.05, 0) is 12.8 Å². The van der Waals surface area contributed by atoms with E-state index >= 15 is 0 Å².